The number of amides is 2. The van der Waals surface area contributed by atoms with Crippen molar-refractivity contribution < 1.29 is 14.7 Å². The minimum absolute atomic E-state index is 0.0678. The summed E-state index contributed by atoms with van der Waals surface area (Å²) < 4.78 is 0. The molecule has 2 amide bonds. The van der Waals surface area contributed by atoms with Crippen LogP contribution in [-0.2, 0) is 4.79 Å². The summed E-state index contributed by atoms with van der Waals surface area (Å²) in [5, 5.41) is 8.90. The topological polar surface area (TPSA) is 60.9 Å². The molecule has 0 aromatic heterocycles. The lowest BCUT2D eigenvalue weighted by molar-refractivity contribution is -0.141. The Morgan fingerprint density at radius 3 is 1.78 bits per heavy atom. The van der Waals surface area contributed by atoms with Gasteiger partial charge in [-0.15, -0.1) is 0 Å². The van der Waals surface area contributed by atoms with E-state index in [1.807, 2.05) is 13.8 Å². The highest BCUT2D eigenvalue weighted by molar-refractivity contribution is 5.76. The molecule has 1 N–H and O–H groups in total. The van der Waals surface area contributed by atoms with E-state index >= 15 is 0 Å². The van der Waals surface area contributed by atoms with Crippen LogP contribution >= 0.6 is 0 Å². The Labute approximate surface area is 110 Å². The first-order valence-electron chi connectivity index (χ1n) is 6.60. The number of carbonyl (C=O) groups is 2. The normalized spacial score (nSPS) is 12.3. The number of aliphatic carboxylic acids is 1. The van der Waals surface area contributed by atoms with Crippen LogP contribution in [0.25, 0.3) is 0 Å². The van der Waals surface area contributed by atoms with Gasteiger partial charge < -0.3 is 14.9 Å². The minimum atomic E-state index is -0.867. The summed E-state index contributed by atoms with van der Waals surface area (Å²) in [4.78, 5) is 26.5. The predicted octanol–water partition coefficient (Wildman–Crippen LogP) is 2.13. The second kappa shape index (κ2) is 7.95. The van der Waals surface area contributed by atoms with Crippen molar-refractivity contribution in [2.24, 2.45) is 11.8 Å². The fourth-order valence-electron chi connectivity index (χ4n) is 1.73. The number of nitrogens with zero attached hydrogens (tertiary/aromatic N) is 2. The number of carboxylic acids is 1. The van der Waals surface area contributed by atoms with Crippen molar-refractivity contribution in [3.8, 4) is 0 Å². The van der Waals surface area contributed by atoms with Crippen molar-refractivity contribution in [3.05, 3.63) is 0 Å². The van der Waals surface area contributed by atoms with Gasteiger partial charge in [-0.3, -0.25) is 4.79 Å². The number of rotatable bonds is 7. The molecular formula is C13H26N2O3. The highest BCUT2D eigenvalue weighted by atomic mass is 16.4. The maximum absolute atomic E-state index is 12.3. The summed E-state index contributed by atoms with van der Waals surface area (Å²) in [6.45, 7) is 11.7. The summed E-state index contributed by atoms with van der Waals surface area (Å²) in [7, 11) is 0. The fourth-order valence-corrected chi connectivity index (χ4v) is 1.73. The molecule has 5 heteroatoms. The maximum atomic E-state index is 12.3. The van der Waals surface area contributed by atoms with Crippen LogP contribution in [0.1, 0.15) is 34.6 Å². The molecule has 106 valence electrons. The van der Waals surface area contributed by atoms with Crippen LogP contribution in [0, 0.1) is 11.8 Å². The van der Waals surface area contributed by atoms with Crippen molar-refractivity contribution >= 4 is 12.0 Å². The Hall–Kier alpha value is -1.26. The van der Waals surface area contributed by atoms with E-state index in [1.165, 1.54) is 0 Å². The van der Waals surface area contributed by atoms with Gasteiger partial charge in [0.15, 0.2) is 0 Å². The first-order chi connectivity index (χ1) is 8.33. The Morgan fingerprint density at radius 2 is 1.44 bits per heavy atom. The molecular weight excluding hydrogens is 232 g/mol. The highest BCUT2D eigenvalue weighted by Crippen LogP contribution is 2.07. The van der Waals surface area contributed by atoms with E-state index in [2.05, 4.69) is 13.8 Å². The average Bonchev–Trinajstić information content (AvgIpc) is 2.31. The average molecular weight is 258 g/mol. The van der Waals surface area contributed by atoms with Gasteiger partial charge in [0.25, 0.3) is 0 Å². The van der Waals surface area contributed by atoms with Crippen LogP contribution in [0.4, 0.5) is 4.79 Å². The molecule has 0 saturated carbocycles. The summed E-state index contributed by atoms with van der Waals surface area (Å²) in [5.74, 6) is -0.996. The smallest absolute Gasteiger partial charge is 0.320 e. The fraction of sp³-hybridized carbons (Fsp3) is 0.846. The van der Waals surface area contributed by atoms with Crippen molar-refractivity contribution in [1.29, 1.82) is 0 Å². The zero-order valence-electron chi connectivity index (χ0n) is 12.1. The van der Waals surface area contributed by atoms with E-state index in [1.54, 1.807) is 16.7 Å². The van der Waals surface area contributed by atoms with Crippen LogP contribution in [0.3, 0.4) is 0 Å². The number of carboxylic acid groups (broad SMARTS) is 1. The second-order valence-electron chi connectivity index (χ2n) is 4.99. The molecule has 0 fully saturated rings. The summed E-state index contributed by atoms with van der Waals surface area (Å²) in [5.41, 5.74) is 0. The molecule has 0 aliphatic heterocycles. The molecule has 0 aliphatic rings. The second-order valence-corrected chi connectivity index (χ2v) is 4.99. The molecule has 0 rings (SSSR count). The standard InChI is InChI=1S/C13H26N2O3/c1-6-14(8-10(3)4)13(18)15(7-2)9-11(5)12(16)17/h10-11H,6-9H2,1-5H3,(H,16,17). The number of urea groups is 1. The Kier molecular flexibility index (Phi) is 7.39. The van der Waals surface area contributed by atoms with E-state index in [0.717, 1.165) is 0 Å². The zero-order valence-corrected chi connectivity index (χ0v) is 12.1. The molecule has 0 aromatic carbocycles. The van der Waals surface area contributed by atoms with Gasteiger partial charge in [-0.2, -0.15) is 0 Å². The monoisotopic (exact) mass is 258 g/mol. The van der Waals surface area contributed by atoms with E-state index in [-0.39, 0.29) is 12.6 Å². The third-order valence-corrected chi connectivity index (χ3v) is 2.81. The summed E-state index contributed by atoms with van der Waals surface area (Å²) in [6.07, 6.45) is 0. The number of hydrogen-bond acceptors (Lipinski definition) is 2. The first-order valence-corrected chi connectivity index (χ1v) is 6.60. The Bertz CT molecular complexity index is 279. The molecule has 0 radical (unpaired) electrons. The molecule has 1 atom stereocenters. The Balaban J connectivity index is 4.62. The van der Waals surface area contributed by atoms with Crippen molar-refractivity contribution in [2.45, 2.75) is 34.6 Å². The van der Waals surface area contributed by atoms with Gasteiger partial charge in [-0.25, -0.2) is 4.79 Å². The van der Waals surface area contributed by atoms with Gasteiger partial charge >= 0.3 is 12.0 Å². The van der Waals surface area contributed by atoms with Gasteiger partial charge in [0.1, 0.15) is 0 Å². The molecule has 0 spiro atoms. The SMILES string of the molecule is CCN(CC(C)C)C(=O)N(CC)CC(C)C(=O)O. The molecule has 0 heterocycles. The van der Waals surface area contributed by atoms with Crippen LogP contribution < -0.4 is 0 Å². The molecule has 0 aromatic rings. The lowest BCUT2D eigenvalue weighted by atomic mass is 10.1. The molecule has 5 nitrogen and oxygen atoms in total. The third-order valence-electron chi connectivity index (χ3n) is 2.81. The Morgan fingerprint density at radius 1 is 1.00 bits per heavy atom. The minimum Gasteiger partial charge on any atom is -0.481 e. The molecule has 18 heavy (non-hydrogen) atoms. The number of carbonyl (C=O) groups excluding carboxylic acids is 1. The van der Waals surface area contributed by atoms with Crippen LogP contribution in [-0.4, -0.2) is 53.1 Å². The summed E-state index contributed by atoms with van der Waals surface area (Å²) in [6, 6.07) is -0.0678. The maximum Gasteiger partial charge on any atom is 0.320 e. The van der Waals surface area contributed by atoms with E-state index < -0.39 is 11.9 Å². The van der Waals surface area contributed by atoms with Crippen molar-refractivity contribution in [1.82, 2.24) is 9.80 Å². The highest BCUT2D eigenvalue weighted by Gasteiger charge is 2.23. The van der Waals surface area contributed by atoms with Gasteiger partial charge in [-0.05, 0) is 19.8 Å². The molecule has 1 unspecified atom stereocenters. The first kappa shape index (κ1) is 16.7. The van der Waals surface area contributed by atoms with Crippen molar-refractivity contribution in [3.63, 3.8) is 0 Å². The molecule has 0 saturated heterocycles. The van der Waals surface area contributed by atoms with Crippen molar-refractivity contribution in [2.75, 3.05) is 26.2 Å². The quantitative estimate of drug-likeness (QED) is 0.761. The van der Waals surface area contributed by atoms with Gasteiger partial charge in [-0.1, -0.05) is 20.8 Å². The van der Waals surface area contributed by atoms with Gasteiger partial charge in [0, 0.05) is 26.2 Å². The molecule has 0 bridgehead atoms. The third kappa shape index (κ3) is 5.38. The lowest BCUT2D eigenvalue weighted by Crippen LogP contribution is -2.46. The van der Waals surface area contributed by atoms with Crippen LogP contribution in [0.2, 0.25) is 0 Å². The van der Waals surface area contributed by atoms with Gasteiger partial charge in [0.2, 0.25) is 0 Å². The van der Waals surface area contributed by atoms with E-state index in [9.17, 15) is 9.59 Å². The van der Waals surface area contributed by atoms with E-state index in [0.29, 0.717) is 25.6 Å². The zero-order chi connectivity index (χ0) is 14.3. The predicted molar refractivity (Wildman–Crippen MR) is 71.5 cm³/mol. The van der Waals surface area contributed by atoms with Crippen LogP contribution in [0.15, 0.2) is 0 Å². The van der Waals surface area contributed by atoms with Crippen LogP contribution in [0.5, 0.6) is 0 Å². The summed E-state index contributed by atoms with van der Waals surface area (Å²) >= 11 is 0. The lowest BCUT2D eigenvalue weighted by Gasteiger charge is -2.31. The largest absolute Gasteiger partial charge is 0.481 e. The number of hydrogen-bond donors (Lipinski definition) is 1. The van der Waals surface area contributed by atoms with E-state index in [4.69, 9.17) is 5.11 Å². The van der Waals surface area contributed by atoms with Gasteiger partial charge in [0.05, 0.1) is 5.92 Å². The molecule has 0 aliphatic carbocycles.